The molecule has 1 saturated heterocycles. The van der Waals surface area contributed by atoms with Crippen LogP contribution in [-0.2, 0) is 9.53 Å². The van der Waals surface area contributed by atoms with Gasteiger partial charge in [-0.15, -0.1) is 0 Å². The third-order valence-electron chi connectivity index (χ3n) is 2.73. The lowest BCUT2D eigenvalue weighted by atomic mass is 9.93. The van der Waals surface area contributed by atoms with Crippen molar-refractivity contribution in [1.29, 1.82) is 0 Å². The van der Waals surface area contributed by atoms with Gasteiger partial charge in [-0.05, 0) is 39.2 Å². The van der Waals surface area contributed by atoms with Crippen LogP contribution in [-0.4, -0.2) is 36.0 Å². The SMILES string of the molecule is CC1CN(C(=O)OC(C)(C)C)CC/C1=C\C=O. The third-order valence-corrected chi connectivity index (χ3v) is 2.73. The van der Waals surface area contributed by atoms with Gasteiger partial charge in [0.15, 0.2) is 0 Å². The van der Waals surface area contributed by atoms with Crippen molar-refractivity contribution < 1.29 is 14.3 Å². The molecule has 1 atom stereocenters. The summed E-state index contributed by atoms with van der Waals surface area (Å²) in [6, 6.07) is 0. The molecule has 1 heterocycles. The van der Waals surface area contributed by atoms with Crippen LogP contribution in [0, 0.1) is 5.92 Å². The van der Waals surface area contributed by atoms with Gasteiger partial charge in [0.05, 0.1) is 0 Å². The quantitative estimate of drug-likeness (QED) is 0.521. The molecule has 1 unspecified atom stereocenters. The Morgan fingerprint density at radius 1 is 1.47 bits per heavy atom. The maximum atomic E-state index is 11.8. The number of rotatable bonds is 1. The Kier molecular flexibility index (Phi) is 4.32. The van der Waals surface area contributed by atoms with Crippen LogP contribution in [0.1, 0.15) is 34.1 Å². The molecule has 17 heavy (non-hydrogen) atoms. The maximum Gasteiger partial charge on any atom is 0.410 e. The molecule has 4 heteroatoms. The van der Waals surface area contributed by atoms with Crippen LogP contribution in [0.15, 0.2) is 11.6 Å². The standard InChI is InChI=1S/C13H21NO3/c1-10-9-14(7-5-11(10)6-8-15)12(16)17-13(2,3)4/h6,8,10H,5,7,9H2,1-4H3/b11-6+. The summed E-state index contributed by atoms with van der Waals surface area (Å²) in [5.41, 5.74) is 0.652. The molecule has 0 aromatic carbocycles. The molecule has 0 aromatic rings. The molecule has 4 nitrogen and oxygen atoms in total. The number of carbonyl (C=O) groups excluding carboxylic acids is 2. The zero-order chi connectivity index (χ0) is 13.1. The van der Waals surface area contributed by atoms with Crippen molar-refractivity contribution in [3.05, 3.63) is 11.6 Å². The summed E-state index contributed by atoms with van der Waals surface area (Å²) < 4.78 is 5.32. The van der Waals surface area contributed by atoms with Crippen molar-refractivity contribution in [2.45, 2.75) is 39.7 Å². The van der Waals surface area contributed by atoms with Crippen molar-refractivity contribution in [1.82, 2.24) is 4.90 Å². The third kappa shape index (κ3) is 4.21. The summed E-state index contributed by atoms with van der Waals surface area (Å²) in [6.07, 6.45) is 2.90. The van der Waals surface area contributed by atoms with Gasteiger partial charge in [0.25, 0.3) is 0 Å². The van der Waals surface area contributed by atoms with Gasteiger partial charge in [0.1, 0.15) is 11.9 Å². The normalized spacial score (nSPS) is 23.6. The zero-order valence-corrected chi connectivity index (χ0v) is 11.0. The highest BCUT2D eigenvalue weighted by Crippen LogP contribution is 2.23. The number of hydrogen-bond acceptors (Lipinski definition) is 3. The van der Waals surface area contributed by atoms with E-state index in [1.165, 1.54) is 0 Å². The Labute approximate surface area is 103 Å². The van der Waals surface area contributed by atoms with E-state index < -0.39 is 5.60 Å². The molecule has 1 amide bonds. The summed E-state index contributed by atoms with van der Waals surface area (Å²) in [5.74, 6) is 0.224. The number of carbonyl (C=O) groups is 2. The second kappa shape index (κ2) is 5.34. The first kappa shape index (κ1) is 13.7. The maximum absolute atomic E-state index is 11.8. The van der Waals surface area contributed by atoms with Crippen LogP contribution in [0.3, 0.4) is 0 Å². The minimum atomic E-state index is -0.459. The van der Waals surface area contributed by atoms with Crippen LogP contribution in [0.25, 0.3) is 0 Å². The number of aldehydes is 1. The number of nitrogens with zero attached hydrogens (tertiary/aromatic N) is 1. The van der Waals surface area contributed by atoms with E-state index in [-0.39, 0.29) is 12.0 Å². The topological polar surface area (TPSA) is 46.6 Å². The molecular formula is C13H21NO3. The predicted octanol–water partition coefficient (Wildman–Crippen LogP) is 2.39. The average Bonchev–Trinajstić information content (AvgIpc) is 2.18. The van der Waals surface area contributed by atoms with E-state index in [2.05, 4.69) is 0 Å². The lowest BCUT2D eigenvalue weighted by molar-refractivity contribution is -0.104. The minimum absolute atomic E-state index is 0.224. The second-order valence-corrected chi connectivity index (χ2v) is 5.46. The van der Waals surface area contributed by atoms with Crippen LogP contribution >= 0.6 is 0 Å². The number of amides is 1. The highest BCUT2D eigenvalue weighted by Gasteiger charge is 2.27. The van der Waals surface area contributed by atoms with Gasteiger partial charge in [-0.3, -0.25) is 4.79 Å². The van der Waals surface area contributed by atoms with Gasteiger partial charge in [0, 0.05) is 13.1 Å². The summed E-state index contributed by atoms with van der Waals surface area (Å²) in [6.45, 7) is 8.83. The van der Waals surface area contributed by atoms with E-state index in [0.29, 0.717) is 13.1 Å². The molecule has 1 fully saturated rings. The van der Waals surface area contributed by atoms with Crippen molar-refractivity contribution in [3.63, 3.8) is 0 Å². The monoisotopic (exact) mass is 239 g/mol. The van der Waals surface area contributed by atoms with Gasteiger partial charge in [-0.2, -0.15) is 0 Å². The Hall–Kier alpha value is -1.32. The number of likely N-dealkylation sites (tertiary alicyclic amines) is 1. The molecule has 0 bridgehead atoms. The second-order valence-electron chi connectivity index (χ2n) is 5.46. The largest absolute Gasteiger partial charge is 0.444 e. The molecule has 0 aliphatic carbocycles. The van der Waals surface area contributed by atoms with Gasteiger partial charge in [0.2, 0.25) is 0 Å². The number of piperidine rings is 1. The molecule has 0 radical (unpaired) electrons. The number of ether oxygens (including phenoxy) is 1. The van der Waals surface area contributed by atoms with E-state index in [1.807, 2.05) is 27.7 Å². The highest BCUT2D eigenvalue weighted by molar-refractivity contribution is 5.69. The lowest BCUT2D eigenvalue weighted by Gasteiger charge is -2.34. The summed E-state index contributed by atoms with van der Waals surface area (Å²) >= 11 is 0. The van der Waals surface area contributed by atoms with Gasteiger partial charge in [-0.1, -0.05) is 12.5 Å². The average molecular weight is 239 g/mol. The van der Waals surface area contributed by atoms with Crippen LogP contribution in [0.4, 0.5) is 4.79 Å². The van der Waals surface area contributed by atoms with E-state index in [1.54, 1.807) is 11.0 Å². The summed E-state index contributed by atoms with van der Waals surface area (Å²) in [5, 5.41) is 0. The van der Waals surface area contributed by atoms with E-state index in [9.17, 15) is 9.59 Å². The van der Waals surface area contributed by atoms with Crippen molar-refractivity contribution in [2.75, 3.05) is 13.1 Å². The predicted molar refractivity (Wildman–Crippen MR) is 65.7 cm³/mol. The number of hydrogen-bond donors (Lipinski definition) is 0. The molecule has 0 aromatic heterocycles. The number of allylic oxidation sites excluding steroid dienone is 1. The van der Waals surface area contributed by atoms with E-state index in [4.69, 9.17) is 4.74 Å². The fraction of sp³-hybridized carbons (Fsp3) is 0.692. The molecule has 0 saturated carbocycles. The first-order chi connectivity index (χ1) is 7.83. The van der Waals surface area contributed by atoms with Crippen molar-refractivity contribution in [3.8, 4) is 0 Å². The van der Waals surface area contributed by atoms with E-state index >= 15 is 0 Å². The molecule has 0 spiro atoms. The van der Waals surface area contributed by atoms with Crippen LogP contribution in [0.2, 0.25) is 0 Å². The Balaban J connectivity index is 2.58. The molecule has 1 rings (SSSR count). The smallest absolute Gasteiger partial charge is 0.410 e. The molecule has 1 aliphatic heterocycles. The molecule has 0 N–H and O–H groups in total. The Morgan fingerprint density at radius 3 is 2.59 bits per heavy atom. The minimum Gasteiger partial charge on any atom is -0.444 e. The van der Waals surface area contributed by atoms with E-state index in [0.717, 1.165) is 18.3 Å². The molecule has 1 aliphatic rings. The van der Waals surface area contributed by atoms with Crippen molar-refractivity contribution >= 4 is 12.4 Å². The zero-order valence-electron chi connectivity index (χ0n) is 11.0. The summed E-state index contributed by atoms with van der Waals surface area (Å²) in [4.78, 5) is 24.0. The fourth-order valence-electron chi connectivity index (χ4n) is 1.88. The summed E-state index contributed by atoms with van der Waals surface area (Å²) in [7, 11) is 0. The van der Waals surface area contributed by atoms with Gasteiger partial charge in [-0.25, -0.2) is 4.79 Å². The van der Waals surface area contributed by atoms with Crippen LogP contribution in [0.5, 0.6) is 0 Å². The Bertz CT molecular complexity index is 328. The first-order valence-electron chi connectivity index (χ1n) is 5.95. The molecule has 96 valence electrons. The highest BCUT2D eigenvalue weighted by atomic mass is 16.6. The van der Waals surface area contributed by atoms with Crippen molar-refractivity contribution in [2.24, 2.45) is 5.92 Å². The van der Waals surface area contributed by atoms with Gasteiger partial charge >= 0.3 is 6.09 Å². The van der Waals surface area contributed by atoms with Gasteiger partial charge < -0.3 is 9.64 Å². The van der Waals surface area contributed by atoms with Crippen LogP contribution < -0.4 is 0 Å². The Morgan fingerprint density at radius 2 is 2.12 bits per heavy atom. The fourth-order valence-corrected chi connectivity index (χ4v) is 1.88. The lowest BCUT2D eigenvalue weighted by Crippen LogP contribution is -2.43. The first-order valence-corrected chi connectivity index (χ1v) is 5.95. The molecular weight excluding hydrogens is 218 g/mol.